The van der Waals surface area contributed by atoms with Gasteiger partial charge in [-0.15, -0.1) is 0 Å². The van der Waals surface area contributed by atoms with Crippen molar-refractivity contribution in [2.75, 3.05) is 0 Å². The molecule has 0 spiro atoms. The number of carbonyl (C=O) groups excluding carboxylic acids is 2. The number of hydrogen-bond donors (Lipinski definition) is 0. The molecule has 0 N–H and O–H groups in total. The molecule has 0 aromatic heterocycles. The number of rotatable bonds is 3. The highest BCUT2D eigenvalue weighted by Gasteiger charge is 1.97. The van der Waals surface area contributed by atoms with Gasteiger partial charge in [-0.2, -0.15) is 9.98 Å². The minimum absolute atomic E-state index is 0.426. The molecule has 0 aliphatic rings. The fraction of sp³-hybridized carbons (Fsp3) is 0.0769. The molecule has 0 fully saturated rings. The molecular weight excluding hydrogens is 216 g/mol. The maximum absolute atomic E-state index is 10.00. The minimum Gasteiger partial charge on any atom is -0.211 e. The quantitative estimate of drug-likeness (QED) is 0.452. The van der Waals surface area contributed by atoms with Gasteiger partial charge >= 0.3 is 0 Å². The average molecular weight is 228 g/mol. The molecule has 0 unspecified atom stereocenters. The number of hydrogen-bond acceptors (Lipinski definition) is 4. The van der Waals surface area contributed by atoms with Crippen LogP contribution in [0.2, 0.25) is 0 Å². The van der Waals surface area contributed by atoms with E-state index in [2.05, 4.69) is 23.1 Å². The van der Waals surface area contributed by atoms with Crippen LogP contribution in [0.1, 0.15) is 5.56 Å². The van der Waals surface area contributed by atoms with Gasteiger partial charge in [-0.3, -0.25) is 0 Å². The third-order valence-corrected chi connectivity index (χ3v) is 1.70. The van der Waals surface area contributed by atoms with Gasteiger partial charge in [0, 0.05) is 0 Å². The van der Waals surface area contributed by atoms with Crippen LogP contribution in [0, 0.1) is 6.92 Å². The van der Waals surface area contributed by atoms with Gasteiger partial charge in [0.1, 0.15) is 0 Å². The number of allylic oxidation sites excluding steroid dienone is 2. The largest absolute Gasteiger partial charge is 0.240 e. The molecule has 0 bridgehead atoms. The van der Waals surface area contributed by atoms with Gasteiger partial charge in [-0.25, -0.2) is 9.59 Å². The van der Waals surface area contributed by atoms with Crippen LogP contribution < -0.4 is 0 Å². The molecule has 1 aromatic rings. The van der Waals surface area contributed by atoms with E-state index in [0.29, 0.717) is 11.4 Å². The van der Waals surface area contributed by atoms with Crippen molar-refractivity contribution in [3.8, 4) is 0 Å². The highest BCUT2D eigenvalue weighted by Crippen LogP contribution is 2.23. The van der Waals surface area contributed by atoms with Crippen molar-refractivity contribution >= 4 is 23.5 Å². The zero-order chi connectivity index (χ0) is 13.1. The van der Waals surface area contributed by atoms with E-state index >= 15 is 0 Å². The molecule has 0 heterocycles. The third-order valence-electron chi connectivity index (χ3n) is 1.70. The summed E-state index contributed by atoms with van der Waals surface area (Å²) in [7, 11) is 0. The maximum atomic E-state index is 10.00. The van der Waals surface area contributed by atoms with E-state index in [4.69, 9.17) is 0 Å². The third kappa shape index (κ3) is 5.80. The minimum atomic E-state index is 0.426. The first kappa shape index (κ1) is 14.5. The molecule has 86 valence electrons. The first-order valence-electron chi connectivity index (χ1n) is 4.69. The van der Waals surface area contributed by atoms with Crippen molar-refractivity contribution in [1.29, 1.82) is 0 Å². The number of isocyanates is 2. The summed E-state index contributed by atoms with van der Waals surface area (Å²) in [4.78, 5) is 26.8. The van der Waals surface area contributed by atoms with Crippen molar-refractivity contribution < 1.29 is 9.59 Å². The molecule has 4 heteroatoms. The Hall–Kier alpha value is -2.54. The topological polar surface area (TPSA) is 58.9 Å². The molecule has 0 atom stereocenters. The second-order valence-electron chi connectivity index (χ2n) is 2.85. The van der Waals surface area contributed by atoms with Gasteiger partial charge in [0.15, 0.2) is 0 Å². The van der Waals surface area contributed by atoms with E-state index in [1.165, 1.54) is 18.2 Å². The van der Waals surface area contributed by atoms with Crippen LogP contribution in [0.5, 0.6) is 0 Å². The van der Waals surface area contributed by atoms with Crippen LogP contribution in [-0.4, -0.2) is 12.2 Å². The van der Waals surface area contributed by atoms with Gasteiger partial charge in [-0.1, -0.05) is 31.4 Å². The van der Waals surface area contributed by atoms with Gasteiger partial charge in [0.2, 0.25) is 12.2 Å². The number of aliphatic imine (C=N–C) groups is 2. The highest BCUT2D eigenvalue weighted by atomic mass is 16.1. The fourth-order valence-electron chi connectivity index (χ4n) is 0.890. The van der Waals surface area contributed by atoms with Crippen molar-refractivity contribution in [1.82, 2.24) is 0 Å². The van der Waals surface area contributed by atoms with Crippen molar-refractivity contribution in [3.05, 3.63) is 49.1 Å². The molecule has 0 aliphatic heterocycles. The van der Waals surface area contributed by atoms with E-state index in [-0.39, 0.29) is 0 Å². The molecule has 1 rings (SSSR count). The lowest BCUT2D eigenvalue weighted by Crippen LogP contribution is -1.73. The Balaban J connectivity index is 0.000000557. The fourth-order valence-corrected chi connectivity index (χ4v) is 0.890. The number of benzene rings is 1. The van der Waals surface area contributed by atoms with Crippen LogP contribution in [0.3, 0.4) is 0 Å². The zero-order valence-corrected chi connectivity index (χ0v) is 9.51. The molecule has 17 heavy (non-hydrogen) atoms. The molecule has 0 amide bonds. The van der Waals surface area contributed by atoms with Crippen molar-refractivity contribution in [2.45, 2.75) is 6.92 Å². The predicted octanol–water partition coefficient (Wildman–Crippen LogP) is 3.29. The summed E-state index contributed by atoms with van der Waals surface area (Å²) in [6.07, 6.45) is 6.11. The molecule has 0 saturated heterocycles. The van der Waals surface area contributed by atoms with Crippen LogP contribution >= 0.6 is 0 Å². The molecule has 4 nitrogen and oxygen atoms in total. The summed E-state index contributed by atoms with van der Waals surface area (Å²) in [5, 5.41) is 0. The number of aryl methyl sites for hydroxylation is 1. The van der Waals surface area contributed by atoms with Gasteiger partial charge in [0.05, 0.1) is 11.4 Å². The average Bonchev–Trinajstić information content (AvgIpc) is 2.34. The Labute approximate surface area is 99.7 Å². The van der Waals surface area contributed by atoms with Gasteiger partial charge < -0.3 is 0 Å². The first-order valence-corrected chi connectivity index (χ1v) is 4.69. The summed E-state index contributed by atoms with van der Waals surface area (Å²) in [5.41, 5.74) is 1.72. The van der Waals surface area contributed by atoms with Crippen LogP contribution in [-0.2, 0) is 9.59 Å². The Morgan fingerprint density at radius 2 is 1.71 bits per heavy atom. The lowest BCUT2D eigenvalue weighted by atomic mass is 10.2. The molecule has 0 aliphatic carbocycles. The normalized spacial score (nSPS) is 7.59. The van der Waals surface area contributed by atoms with Crippen molar-refractivity contribution in [3.63, 3.8) is 0 Å². The summed E-state index contributed by atoms with van der Waals surface area (Å²) >= 11 is 0. The lowest BCUT2D eigenvalue weighted by molar-refractivity contribution is 0.565. The molecule has 0 saturated carbocycles. The monoisotopic (exact) mass is 228 g/mol. The summed E-state index contributed by atoms with van der Waals surface area (Å²) < 4.78 is 0. The SMILES string of the molecule is C=CC=C.Cc1ccc(N=C=O)cc1N=C=O. The standard InChI is InChI=1S/C9H6N2O2.C4H6/c1-7-2-3-8(10-5-12)4-9(7)11-6-13;1-3-4-2/h2-4H,1H3;3-4H,1-2H2. The van der Waals surface area contributed by atoms with Crippen LogP contribution in [0.4, 0.5) is 11.4 Å². The first-order chi connectivity index (χ1) is 8.19. The molecule has 0 radical (unpaired) electrons. The van der Waals surface area contributed by atoms with Gasteiger partial charge in [-0.05, 0) is 24.6 Å². The Morgan fingerprint density at radius 1 is 1.12 bits per heavy atom. The summed E-state index contributed by atoms with van der Waals surface area (Å²) in [5.74, 6) is 0. The number of nitrogens with zero attached hydrogens (tertiary/aromatic N) is 2. The van der Waals surface area contributed by atoms with Crippen molar-refractivity contribution in [2.24, 2.45) is 9.98 Å². The van der Waals surface area contributed by atoms with Gasteiger partial charge in [0.25, 0.3) is 0 Å². The highest BCUT2D eigenvalue weighted by molar-refractivity contribution is 5.61. The smallest absolute Gasteiger partial charge is 0.211 e. The molecular formula is C13H12N2O2. The maximum Gasteiger partial charge on any atom is 0.240 e. The van der Waals surface area contributed by atoms with E-state index in [9.17, 15) is 9.59 Å². The Bertz CT molecular complexity index is 488. The second-order valence-corrected chi connectivity index (χ2v) is 2.85. The predicted molar refractivity (Wildman–Crippen MR) is 67.1 cm³/mol. The summed E-state index contributed by atoms with van der Waals surface area (Å²) in [6, 6.07) is 4.88. The second kappa shape index (κ2) is 8.74. The Morgan fingerprint density at radius 3 is 2.18 bits per heavy atom. The van der Waals surface area contributed by atoms with E-state index in [1.807, 2.05) is 0 Å². The van der Waals surface area contributed by atoms with E-state index in [1.54, 1.807) is 31.2 Å². The van der Waals surface area contributed by atoms with E-state index < -0.39 is 0 Å². The van der Waals surface area contributed by atoms with Crippen LogP contribution in [0.25, 0.3) is 0 Å². The molecule has 1 aromatic carbocycles. The van der Waals surface area contributed by atoms with Crippen LogP contribution in [0.15, 0.2) is 53.5 Å². The lowest BCUT2D eigenvalue weighted by Gasteiger charge is -1.97. The summed E-state index contributed by atoms with van der Waals surface area (Å²) in [6.45, 7) is 8.52. The Kier molecular flexibility index (Phi) is 7.44. The van der Waals surface area contributed by atoms with E-state index in [0.717, 1.165) is 5.56 Å². The zero-order valence-electron chi connectivity index (χ0n) is 9.51.